The zero-order valence-corrected chi connectivity index (χ0v) is 12.4. The Hall–Kier alpha value is -0.770. The highest BCUT2D eigenvalue weighted by Crippen LogP contribution is 2.36. The van der Waals surface area contributed by atoms with E-state index in [-0.39, 0.29) is 5.41 Å². The van der Waals surface area contributed by atoms with Crippen LogP contribution in [-0.2, 0) is 0 Å². The predicted molar refractivity (Wildman–Crippen MR) is 78.4 cm³/mol. The van der Waals surface area contributed by atoms with Gasteiger partial charge in [-0.2, -0.15) is 0 Å². The summed E-state index contributed by atoms with van der Waals surface area (Å²) in [5.74, 6) is 1.33. The van der Waals surface area contributed by atoms with Crippen molar-refractivity contribution in [2.24, 2.45) is 22.2 Å². The number of hydrogen-bond acceptors (Lipinski definition) is 3. The van der Waals surface area contributed by atoms with Gasteiger partial charge >= 0.3 is 0 Å². The van der Waals surface area contributed by atoms with Gasteiger partial charge in [0.25, 0.3) is 0 Å². The molecule has 4 nitrogen and oxygen atoms in total. The molecule has 2 aliphatic rings. The molecule has 0 radical (unpaired) electrons. The van der Waals surface area contributed by atoms with E-state index in [1.54, 1.807) is 0 Å². The maximum atomic E-state index is 8.88. The van der Waals surface area contributed by atoms with Crippen LogP contribution in [0, 0.1) is 11.3 Å². The lowest BCUT2D eigenvalue weighted by molar-refractivity contribution is 0.0774. The Morgan fingerprint density at radius 2 is 2.05 bits per heavy atom. The second-order valence-electron chi connectivity index (χ2n) is 6.68. The van der Waals surface area contributed by atoms with Crippen LogP contribution in [0.3, 0.4) is 0 Å². The van der Waals surface area contributed by atoms with E-state index < -0.39 is 0 Å². The number of likely N-dealkylation sites (tertiary alicyclic amines) is 1. The molecule has 1 saturated heterocycles. The molecule has 4 heteroatoms. The molecule has 3 N–H and O–H groups in total. The largest absolute Gasteiger partial charge is 0.409 e. The molecule has 0 aromatic rings. The number of oxime groups is 1. The van der Waals surface area contributed by atoms with Crippen molar-refractivity contribution < 1.29 is 5.21 Å². The Balaban J connectivity index is 1.89. The molecule has 0 aromatic heterocycles. The van der Waals surface area contributed by atoms with Crippen LogP contribution < -0.4 is 5.73 Å². The molecule has 2 unspecified atom stereocenters. The van der Waals surface area contributed by atoms with Crippen LogP contribution >= 0.6 is 0 Å². The summed E-state index contributed by atoms with van der Waals surface area (Å²) in [4.78, 5) is 2.65. The highest BCUT2D eigenvalue weighted by molar-refractivity contribution is 5.85. The Labute approximate surface area is 117 Å². The van der Waals surface area contributed by atoms with E-state index in [4.69, 9.17) is 10.9 Å². The fraction of sp³-hybridized carbons (Fsp3) is 0.933. The molecule has 110 valence electrons. The molecule has 1 saturated carbocycles. The molecule has 2 fully saturated rings. The summed E-state index contributed by atoms with van der Waals surface area (Å²) in [6, 6.07) is 0.774. The lowest BCUT2D eigenvalue weighted by Crippen LogP contribution is -2.49. The van der Waals surface area contributed by atoms with Gasteiger partial charge in [-0.25, -0.2) is 0 Å². The molecule has 2 rings (SSSR count). The van der Waals surface area contributed by atoms with Crippen molar-refractivity contribution in [3.05, 3.63) is 0 Å². The van der Waals surface area contributed by atoms with E-state index in [1.165, 1.54) is 32.1 Å². The smallest absolute Gasteiger partial charge is 0.145 e. The van der Waals surface area contributed by atoms with E-state index >= 15 is 0 Å². The second-order valence-corrected chi connectivity index (χ2v) is 6.68. The molecule has 0 spiro atoms. The average Bonchev–Trinajstić information content (AvgIpc) is 2.47. The van der Waals surface area contributed by atoms with Crippen molar-refractivity contribution in [1.82, 2.24) is 4.90 Å². The third-order valence-corrected chi connectivity index (χ3v) is 5.48. The third-order valence-electron chi connectivity index (χ3n) is 5.48. The zero-order chi connectivity index (χ0) is 13.9. The Morgan fingerprint density at radius 3 is 2.63 bits per heavy atom. The van der Waals surface area contributed by atoms with Crippen LogP contribution in [0.5, 0.6) is 0 Å². The molecule has 19 heavy (non-hydrogen) atoms. The summed E-state index contributed by atoms with van der Waals surface area (Å²) in [5.41, 5.74) is 5.72. The van der Waals surface area contributed by atoms with Crippen molar-refractivity contribution in [3.8, 4) is 0 Å². The van der Waals surface area contributed by atoms with Crippen molar-refractivity contribution in [3.63, 3.8) is 0 Å². The molecule has 1 heterocycles. The lowest BCUT2D eigenvalue weighted by Gasteiger charge is -2.44. The van der Waals surface area contributed by atoms with Crippen LogP contribution in [0.15, 0.2) is 5.16 Å². The fourth-order valence-corrected chi connectivity index (χ4v) is 3.72. The summed E-state index contributed by atoms with van der Waals surface area (Å²) in [7, 11) is 0. The van der Waals surface area contributed by atoms with Crippen LogP contribution in [0.4, 0.5) is 0 Å². The highest BCUT2D eigenvalue weighted by Gasteiger charge is 2.37. The standard InChI is InChI=1S/C15H29N3O/c1-3-12-5-4-6-13(11-12)18-9-7-15(2,8-10-18)14(16)17-19/h12-13,19H,3-11H2,1-2H3,(H2,16,17). The summed E-state index contributed by atoms with van der Waals surface area (Å²) in [6.45, 7) is 6.62. The summed E-state index contributed by atoms with van der Waals surface area (Å²) < 4.78 is 0. The first-order valence-corrected chi connectivity index (χ1v) is 7.81. The van der Waals surface area contributed by atoms with Crippen LogP contribution in [0.1, 0.15) is 58.8 Å². The van der Waals surface area contributed by atoms with Gasteiger partial charge in [-0.1, -0.05) is 38.3 Å². The van der Waals surface area contributed by atoms with E-state index in [9.17, 15) is 0 Å². The number of nitrogens with zero attached hydrogens (tertiary/aromatic N) is 2. The van der Waals surface area contributed by atoms with Gasteiger partial charge in [-0.3, -0.25) is 0 Å². The molecule has 0 bridgehead atoms. The van der Waals surface area contributed by atoms with Crippen molar-refractivity contribution in [2.75, 3.05) is 13.1 Å². The minimum absolute atomic E-state index is 0.107. The monoisotopic (exact) mass is 267 g/mol. The van der Waals surface area contributed by atoms with E-state index in [1.807, 2.05) is 0 Å². The molecular weight excluding hydrogens is 238 g/mol. The van der Waals surface area contributed by atoms with Gasteiger partial charge in [0, 0.05) is 11.5 Å². The average molecular weight is 267 g/mol. The minimum atomic E-state index is -0.107. The van der Waals surface area contributed by atoms with Gasteiger partial charge in [0.1, 0.15) is 5.84 Å². The number of rotatable bonds is 3. The van der Waals surface area contributed by atoms with Crippen LogP contribution in [-0.4, -0.2) is 35.1 Å². The van der Waals surface area contributed by atoms with Crippen molar-refractivity contribution in [2.45, 2.75) is 64.8 Å². The first kappa shape index (κ1) is 14.6. The summed E-state index contributed by atoms with van der Waals surface area (Å²) in [5, 5.41) is 12.1. The van der Waals surface area contributed by atoms with Gasteiger partial charge in [-0.05, 0) is 44.7 Å². The van der Waals surface area contributed by atoms with E-state index in [0.29, 0.717) is 5.84 Å². The first-order valence-electron chi connectivity index (χ1n) is 7.81. The van der Waals surface area contributed by atoms with Gasteiger partial charge in [0.05, 0.1) is 0 Å². The predicted octanol–water partition coefficient (Wildman–Crippen LogP) is 2.80. The van der Waals surface area contributed by atoms with Gasteiger partial charge in [0.2, 0.25) is 0 Å². The van der Waals surface area contributed by atoms with E-state index in [0.717, 1.165) is 37.9 Å². The molecule has 0 amide bonds. The zero-order valence-electron chi connectivity index (χ0n) is 12.4. The highest BCUT2D eigenvalue weighted by atomic mass is 16.4. The van der Waals surface area contributed by atoms with Crippen LogP contribution in [0.25, 0.3) is 0 Å². The SMILES string of the molecule is CCC1CCCC(N2CCC(C)(C(N)=NO)CC2)C1. The van der Waals surface area contributed by atoms with Crippen molar-refractivity contribution in [1.29, 1.82) is 0 Å². The summed E-state index contributed by atoms with van der Waals surface area (Å²) in [6.07, 6.45) is 8.88. The molecular formula is C15H29N3O. The van der Waals surface area contributed by atoms with Gasteiger partial charge < -0.3 is 15.8 Å². The first-order chi connectivity index (χ1) is 9.09. The maximum Gasteiger partial charge on any atom is 0.145 e. The van der Waals surface area contributed by atoms with Gasteiger partial charge in [-0.15, -0.1) is 0 Å². The summed E-state index contributed by atoms with van der Waals surface area (Å²) >= 11 is 0. The minimum Gasteiger partial charge on any atom is -0.409 e. The number of piperidine rings is 1. The normalized spacial score (nSPS) is 33.3. The maximum absolute atomic E-state index is 8.88. The number of amidine groups is 1. The topological polar surface area (TPSA) is 61.8 Å². The lowest BCUT2D eigenvalue weighted by atomic mass is 9.77. The molecule has 1 aliphatic heterocycles. The molecule has 0 aromatic carbocycles. The van der Waals surface area contributed by atoms with Crippen LogP contribution in [0.2, 0.25) is 0 Å². The van der Waals surface area contributed by atoms with Gasteiger partial charge in [0.15, 0.2) is 0 Å². The fourth-order valence-electron chi connectivity index (χ4n) is 3.72. The quantitative estimate of drug-likeness (QED) is 0.358. The van der Waals surface area contributed by atoms with Crippen molar-refractivity contribution >= 4 is 5.84 Å². The third kappa shape index (κ3) is 3.22. The number of nitrogens with two attached hydrogens (primary N) is 1. The molecule has 1 aliphatic carbocycles. The Bertz CT molecular complexity index is 321. The molecule has 2 atom stereocenters. The Kier molecular flexibility index (Phi) is 4.71. The van der Waals surface area contributed by atoms with E-state index in [2.05, 4.69) is 23.9 Å². The second kappa shape index (κ2) is 6.12. The number of hydrogen-bond donors (Lipinski definition) is 2. The Morgan fingerprint density at radius 1 is 1.37 bits per heavy atom.